The van der Waals surface area contributed by atoms with E-state index >= 15 is 0 Å². The Morgan fingerprint density at radius 2 is 2.36 bits per heavy atom. The summed E-state index contributed by atoms with van der Waals surface area (Å²) < 4.78 is 5.58. The zero-order chi connectivity index (χ0) is 9.26. The highest BCUT2D eigenvalue weighted by atomic mass is 35.5. The second kappa shape index (κ2) is 4.48. The third kappa shape index (κ3) is 2.27. The molecule has 1 atom stereocenters. The van der Waals surface area contributed by atoms with E-state index in [2.05, 4.69) is 10.3 Å². The van der Waals surface area contributed by atoms with E-state index in [1.807, 2.05) is 6.92 Å². The van der Waals surface area contributed by atoms with Gasteiger partial charge in [-0.3, -0.25) is 0 Å². The predicted molar refractivity (Wildman–Crippen MR) is 54.9 cm³/mol. The Morgan fingerprint density at radius 1 is 1.57 bits per heavy atom. The zero-order valence-corrected chi connectivity index (χ0v) is 8.67. The van der Waals surface area contributed by atoms with E-state index in [-0.39, 0.29) is 24.4 Å². The first-order valence-corrected chi connectivity index (χ1v) is 4.32. The smallest absolute Gasteiger partial charge is 0.211 e. The van der Waals surface area contributed by atoms with Crippen molar-refractivity contribution < 1.29 is 9.84 Å². The number of hydrogen-bond donors (Lipinski definition) is 2. The molecule has 1 aromatic rings. The van der Waals surface area contributed by atoms with Crippen LogP contribution in [0.25, 0.3) is 0 Å². The van der Waals surface area contributed by atoms with Gasteiger partial charge in [-0.1, -0.05) is 0 Å². The van der Waals surface area contributed by atoms with Crippen LogP contribution in [0.4, 0.5) is 0 Å². The van der Waals surface area contributed by atoms with E-state index in [1.54, 1.807) is 6.07 Å². The van der Waals surface area contributed by atoms with Gasteiger partial charge in [0.05, 0.1) is 0 Å². The maximum absolute atomic E-state index is 9.15. The number of nitrogens with one attached hydrogen (secondary N) is 1. The van der Waals surface area contributed by atoms with E-state index in [0.717, 1.165) is 18.0 Å². The summed E-state index contributed by atoms with van der Waals surface area (Å²) in [5, 5.41) is 12.3. The lowest BCUT2D eigenvalue weighted by atomic mass is 10.3. The lowest BCUT2D eigenvalue weighted by molar-refractivity contribution is 0.225. The monoisotopic (exact) mass is 216 g/mol. The second-order valence-corrected chi connectivity index (χ2v) is 3.17. The molecule has 0 aromatic carbocycles. The highest BCUT2D eigenvalue weighted by Gasteiger charge is 2.14. The highest BCUT2D eigenvalue weighted by molar-refractivity contribution is 5.85. The number of ether oxygens (including phenoxy) is 1. The number of rotatable bonds is 0. The number of aromatic nitrogens is 1. The van der Waals surface area contributed by atoms with Crippen molar-refractivity contribution >= 4 is 12.4 Å². The number of fused-ring (bicyclic) bond motifs is 1. The van der Waals surface area contributed by atoms with Gasteiger partial charge in [-0.2, -0.15) is 0 Å². The molecule has 0 saturated heterocycles. The Hall–Kier alpha value is -1.000. The van der Waals surface area contributed by atoms with Crippen LogP contribution in [0, 0.1) is 0 Å². The van der Waals surface area contributed by atoms with Gasteiger partial charge in [0.1, 0.15) is 17.5 Å². The fraction of sp³-hybridized carbons (Fsp3) is 0.444. The molecule has 0 unspecified atom stereocenters. The van der Waals surface area contributed by atoms with Gasteiger partial charge in [0.25, 0.3) is 0 Å². The molecule has 4 nitrogen and oxygen atoms in total. The molecule has 0 amide bonds. The van der Waals surface area contributed by atoms with Gasteiger partial charge < -0.3 is 15.2 Å². The van der Waals surface area contributed by atoms with Gasteiger partial charge in [-0.15, -0.1) is 12.4 Å². The van der Waals surface area contributed by atoms with Gasteiger partial charge in [-0.25, -0.2) is 4.98 Å². The molecule has 1 aliphatic rings. The minimum Gasteiger partial charge on any atom is -0.493 e. The Labute approximate surface area is 88.7 Å². The molecule has 2 rings (SSSR count). The summed E-state index contributed by atoms with van der Waals surface area (Å²) in [6.45, 7) is 3.44. The molecule has 0 spiro atoms. The molecule has 0 saturated carbocycles. The fourth-order valence-electron chi connectivity index (χ4n) is 1.36. The van der Waals surface area contributed by atoms with Crippen LogP contribution < -0.4 is 10.1 Å². The highest BCUT2D eigenvalue weighted by Crippen LogP contribution is 2.22. The average molecular weight is 217 g/mol. The summed E-state index contributed by atoms with van der Waals surface area (Å²) in [4.78, 5) is 3.98. The van der Waals surface area contributed by atoms with Gasteiger partial charge in [0.15, 0.2) is 0 Å². The maximum atomic E-state index is 9.15. The van der Waals surface area contributed by atoms with Crippen LogP contribution in [0.3, 0.4) is 0 Å². The summed E-state index contributed by atoms with van der Waals surface area (Å²) >= 11 is 0. The molecular formula is C9H13ClN2O2. The van der Waals surface area contributed by atoms with Crippen LogP contribution in [0.2, 0.25) is 0 Å². The van der Waals surface area contributed by atoms with E-state index in [4.69, 9.17) is 9.84 Å². The summed E-state index contributed by atoms with van der Waals surface area (Å²) in [6, 6.07) is 3.29. The van der Waals surface area contributed by atoms with Gasteiger partial charge in [0.2, 0.25) is 5.88 Å². The molecular weight excluding hydrogens is 204 g/mol. The van der Waals surface area contributed by atoms with E-state index in [0.29, 0.717) is 6.54 Å². The first-order valence-electron chi connectivity index (χ1n) is 4.32. The fourth-order valence-corrected chi connectivity index (χ4v) is 1.36. The Bertz CT molecular complexity index is 320. The Kier molecular flexibility index (Phi) is 3.55. The molecule has 2 N–H and O–H groups in total. The first kappa shape index (κ1) is 11.1. The van der Waals surface area contributed by atoms with Crippen LogP contribution in [-0.4, -0.2) is 22.7 Å². The minimum absolute atomic E-state index is 0. The zero-order valence-electron chi connectivity index (χ0n) is 7.86. The van der Waals surface area contributed by atoms with E-state index in [9.17, 15) is 0 Å². The Morgan fingerprint density at radius 3 is 3.14 bits per heavy atom. The largest absolute Gasteiger partial charge is 0.493 e. The summed E-state index contributed by atoms with van der Waals surface area (Å²) in [6.07, 6.45) is 0.146. The SMILES string of the molecule is C[C@H]1CNCc2nc(O)ccc2O1.Cl. The standard InChI is InChI=1S/C9H12N2O2.ClH/c1-6-4-10-5-7-8(13-6)2-3-9(12)11-7;/h2-3,6,10H,4-5H2,1H3,(H,11,12);1H/t6-;/m0./s1. The summed E-state index contributed by atoms with van der Waals surface area (Å²) in [7, 11) is 0. The number of halogens is 1. The average Bonchev–Trinajstić information content (AvgIpc) is 2.25. The molecule has 0 bridgehead atoms. The van der Waals surface area contributed by atoms with Crippen molar-refractivity contribution in [3.8, 4) is 11.6 Å². The van der Waals surface area contributed by atoms with Gasteiger partial charge in [-0.05, 0) is 13.0 Å². The number of nitrogens with zero attached hydrogens (tertiary/aromatic N) is 1. The molecule has 14 heavy (non-hydrogen) atoms. The molecule has 78 valence electrons. The van der Waals surface area contributed by atoms with Crippen molar-refractivity contribution in [3.63, 3.8) is 0 Å². The molecule has 1 aliphatic heterocycles. The molecule has 0 fully saturated rings. The van der Waals surface area contributed by atoms with E-state index < -0.39 is 0 Å². The van der Waals surface area contributed by atoms with Crippen LogP contribution in [0.15, 0.2) is 12.1 Å². The van der Waals surface area contributed by atoms with Crippen molar-refractivity contribution in [2.24, 2.45) is 0 Å². The predicted octanol–water partition coefficient (Wildman–Crippen LogP) is 1.08. The van der Waals surface area contributed by atoms with Gasteiger partial charge in [0, 0.05) is 19.2 Å². The second-order valence-electron chi connectivity index (χ2n) is 3.17. The number of aromatic hydroxyl groups is 1. The van der Waals surface area contributed by atoms with Crippen molar-refractivity contribution in [1.29, 1.82) is 0 Å². The molecule has 1 aromatic heterocycles. The third-order valence-electron chi connectivity index (χ3n) is 1.97. The maximum Gasteiger partial charge on any atom is 0.211 e. The number of hydrogen-bond acceptors (Lipinski definition) is 4. The van der Waals surface area contributed by atoms with E-state index in [1.165, 1.54) is 6.07 Å². The summed E-state index contributed by atoms with van der Waals surface area (Å²) in [5.41, 5.74) is 0.768. The normalized spacial score (nSPS) is 19.9. The van der Waals surface area contributed by atoms with Crippen LogP contribution in [-0.2, 0) is 6.54 Å². The third-order valence-corrected chi connectivity index (χ3v) is 1.97. The van der Waals surface area contributed by atoms with Crippen molar-refractivity contribution in [1.82, 2.24) is 10.3 Å². The lowest BCUT2D eigenvalue weighted by Crippen LogP contribution is -2.25. The topological polar surface area (TPSA) is 54.4 Å². The number of pyridine rings is 1. The minimum atomic E-state index is 0. The molecule has 2 heterocycles. The first-order chi connectivity index (χ1) is 6.25. The molecule has 0 radical (unpaired) electrons. The van der Waals surface area contributed by atoms with Crippen molar-refractivity contribution in [3.05, 3.63) is 17.8 Å². The molecule has 0 aliphatic carbocycles. The Balaban J connectivity index is 0.000000980. The summed E-state index contributed by atoms with van der Waals surface area (Å²) in [5.74, 6) is 0.800. The van der Waals surface area contributed by atoms with Crippen molar-refractivity contribution in [2.45, 2.75) is 19.6 Å². The molecule has 5 heteroatoms. The van der Waals surface area contributed by atoms with Crippen LogP contribution in [0.5, 0.6) is 11.6 Å². The van der Waals surface area contributed by atoms with Crippen LogP contribution in [0.1, 0.15) is 12.6 Å². The van der Waals surface area contributed by atoms with Crippen LogP contribution >= 0.6 is 12.4 Å². The van der Waals surface area contributed by atoms with Gasteiger partial charge >= 0.3 is 0 Å². The lowest BCUT2D eigenvalue weighted by Gasteiger charge is -2.10. The van der Waals surface area contributed by atoms with Crippen molar-refractivity contribution in [2.75, 3.05) is 6.54 Å². The quantitative estimate of drug-likeness (QED) is 0.682.